The number of aliphatic hydroxyl groups excluding tert-OH is 2. The fourth-order valence-electron chi connectivity index (χ4n) is 5.90. The minimum atomic E-state index is -1.35. The second-order valence-corrected chi connectivity index (χ2v) is 11.6. The van der Waals surface area contributed by atoms with Crippen molar-refractivity contribution >= 4 is 5.97 Å². The van der Waals surface area contributed by atoms with Crippen LogP contribution in [-0.2, 0) is 30.7 Å². The average molecular weight is 624 g/mol. The molecule has 4 aromatic rings. The van der Waals surface area contributed by atoms with Crippen LogP contribution in [0.3, 0.4) is 0 Å². The molecule has 45 heavy (non-hydrogen) atoms. The van der Waals surface area contributed by atoms with Crippen molar-refractivity contribution in [3.63, 3.8) is 0 Å². The van der Waals surface area contributed by atoms with Gasteiger partial charge >= 0.3 is 29.6 Å². The summed E-state index contributed by atoms with van der Waals surface area (Å²) in [6.07, 6.45) is -1.07. The summed E-state index contributed by atoms with van der Waals surface area (Å²) in [6, 6.07) is 25.1. The number of carboxylic acid groups (broad SMARTS) is 1. The smallest absolute Gasteiger partial charge is 0.550 e. The van der Waals surface area contributed by atoms with Gasteiger partial charge in [0.1, 0.15) is 5.82 Å². The van der Waals surface area contributed by atoms with Crippen molar-refractivity contribution in [2.24, 2.45) is 5.73 Å². The van der Waals surface area contributed by atoms with Crippen molar-refractivity contribution in [3.05, 3.63) is 107 Å². The Kier molecular flexibility index (Phi) is 14.5. The minimum absolute atomic E-state index is 0. The predicted octanol–water partition coefficient (Wildman–Crippen LogP) is 1.52. The molecule has 7 nitrogen and oxygen atoms in total. The van der Waals surface area contributed by atoms with Gasteiger partial charge in [-0.05, 0) is 80.5 Å². The van der Waals surface area contributed by atoms with E-state index in [0.29, 0.717) is 32.5 Å². The number of carbonyl (C=O) groups is 1. The molecule has 2 unspecified atom stereocenters. The van der Waals surface area contributed by atoms with Gasteiger partial charge in [-0.3, -0.25) is 0 Å². The predicted molar refractivity (Wildman–Crippen MR) is 170 cm³/mol. The van der Waals surface area contributed by atoms with Crippen LogP contribution in [0.1, 0.15) is 61.7 Å². The molecular formula is C36H43FN3NaO4. The first-order valence-corrected chi connectivity index (χ1v) is 15.3. The second-order valence-electron chi connectivity index (χ2n) is 11.6. The van der Waals surface area contributed by atoms with Gasteiger partial charge in [-0.15, -0.1) is 0 Å². The van der Waals surface area contributed by atoms with Crippen LogP contribution < -0.4 is 45.7 Å². The van der Waals surface area contributed by atoms with Gasteiger partial charge in [0.25, 0.3) is 0 Å². The van der Waals surface area contributed by atoms with E-state index in [1.54, 1.807) is 12.1 Å². The van der Waals surface area contributed by atoms with Crippen molar-refractivity contribution in [1.82, 2.24) is 9.88 Å². The van der Waals surface area contributed by atoms with Crippen LogP contribution in [0, 0.1) is 5.82 Å². The number of nitrogens with zero attached hydrogens (tertiary/aromatic N) is 1. The molecule has 1 heterocycles. The third-order valence-electron chi connectivity index (χ3n) is 7.86. The van der Waals surface area contributed by atoms with Gasteiger partial charge < -0.3 is 35.7 Å². The molecule has 0 radical (unpaired) electrons. The number of hydrogen-bond acceptors (Lipinski definition) is 6. The molecule has 2 atom stereocenters. The number of aliphatic carboxylic acids is 1. The summed E-state index contributed by atoms with van der Waals surface area (Å²) in [5.41, 5.74) is 14.0. The van der Waals surface area contributed by atoms with Crippen LogP contribution in [0.5, 0.6) is 0 Å². The van der Waals surface area contributed by atoms with Gasteiger partial charge in [0.15, 0.2) is 0 Å². The molecule has 0 spiro atoms. The number of halogens is 1. The first-order valence-electron chi connectivity index (χ1n) is 15.3. The van der Waals surface area contributed by atoms with Crippen LogP contribution in [0.2, 0.25) is 0 Å². The third kappa shape index (κ3) is 10.1. The van der Waals surface area contributed by atoms with Crippen molar-refractivity contribution < 1.29 is 54.1 Å². The molecule has 0 aliphatic carbocycles. The second kappa shape index (κ2) is 17.8. The summed E-state index contributed by atoms with van der Waals surface area (Å²) >= 11 is 0. The number of nitrogens with two attached hydrogens (primary N) is 1. The molecule has 0 aliphatic rings. The van der Waals surface area contributed by atoms with Gasteiger partial charge in [0.2, 0.25) is 0 Å². The molecule has 0 aliphatic heterocycles. The van der Waals surface area contributed by atoms with Crippen LogP contribution in [-0.4, -0.2) is 39.5 Å². The molecule has 5 N–H and O–H groups in total. The summed E-state index contributed by atoms with van der Waals surface area (Å²) < 4.78 is 16.4. The van der Waals surface area contributed by atoms with Gasteiger partial charge in [0.05, 0.1) is 12.2 Å². The third-order valence-corrected chi connectivity index (χ3v) is 7.86. The van der Waals surface area contributed by atoms with E-state index in [9.17, 15) is 24.5 Å². The van der Waals surface area contributed by atoms with Gasteiger partial charge in [-0.2, -0.15) is 0 Å². The average Bonchev–Trinajstić information content (AvgIpc) is 3.31. The first kappa shape index (κ1) is 36.6. The number of rotatable bonds is 16. The van der Waals surface area contributed by atoms with Crippen LogP contribution in [0.4, 0.5) is 4.39 Å². The number of aromatic nitrogens is 1. The van der Waals surface area contributed by atoms with Gasteiger partial charge in [0, 0.05) is 54.0 Å². The van der Waals surface area contributed by atoms with Crippen LogP contribution in [0.25, 0.3) is 22.3 Å². The Labute approximate surface area is 287 Å². The number of hydrogen-bond donors (Lipinski definition) is 4. The fourth-order valence-corrected chi connectivity index (χ4v) is 5.90. The number of benzene rings is 3. The zero-order valence-electron chi connectivity index (χ0n) is 26.5. The monoisotopic (exact) mass is 623 g/mol. The fraction of sp³-hybridized carbons (Fsp3) is 0.361. The molecule has 9 heteroatoms. The zero-order valence-corrected chi connectivity index (χ0v) is 28.5. The van der Waals surface area contributed by atoms with Crippen molar-refractivity contribution in [2.75, 3.05) is 6.54 Å². The van der Waals surface area contributed by atoms with E-state index in [4.69, 9.17) is 5.73 Å². The van der Waals surface area contributed by atoms with Crippen LogP contribution >= 0.6 is 0 Å². The molecule has 3 aromatic carbocycles. The molecule has 1 aromatic heterocycles. The number of aliphatic hydroxyl groups is 2. The zero-order chi connectivity index (χ0) is 31.6. The Hall–Kier alpha value is -2.82. The SMILES string of the molecule is CC(C)n1c(CCC(O)CC(O)CC(=O)[O-])c(-c2ccc(F)cc2)c(-c2ccccc2)c1CNCc1ccc(CCN)cc1.[Na+]. The van der Waals surface area contributed by atoms with E-state index < -0.39 is 24.6 Å². The molecule has 0 bridgehead atoms. The Bertz CT molecular complexity index is 1490. The largest absolute Gasteiger partial charge is 1.00 e. The number of nitrogens with one attached hydrogen (secondary N) is 1. The molecule has 4 rings (SSSR count). The summed E-state index contributed by atoms with van der Waals surface area (Å²) in [4.78, 5) is 10.9. The summed E-state index contributed by atoms with van der Waals surface area (Å²) in [5.74, 6) is -1.68. The number of carbonyl (C=O) groups excluding carboxylic acids is 1. The first-order chi connectivity index (χ1) is 21.2. The maximum Gasteiger partial charge on any atom is 1.00 e. The van der Waals surface area contributed by atoms with Crippen molar-refractivity contribution in [3.8, 4) is 22.3 Å². The number of carboxylic acids is 1. The molecule has 0 saturated carbocycles. The van der Waals surface area contributed by atoms with E-state index in [-0.39, 0.29) is 47.8 Å². The van der Waals surface area contributed by atoms with E-state index in [1.807, 2.05) is 18.2 Å². The Morgan fingerprint density at radius 2 is 1.44 bits per heavy atom. The Balaban J connectivity index is 0.00000552. The summed E-state index contributed by atoms with van der Waals surface area (Å²) in [6.45, 7) is 6.08. The molecular weight excluding hydrogens is 580 g/mol. The molecule has 0 saturated heterocycles. The van der Waals surface area contributed by atoms with E-state index in [0.717, 1.165) is 45.6 Å². The standard InChI is InChI=1S/C36H44FN3O4.Na/c1-24(2)40-32(17-16-30(41)20-31(42)21-34(43)44)35(28-12-14-29(37)15-13-28)36(27-6-4-3-5-7-27)33(40)23-39-22-26-10-8-25(9-11-26)18-19-38;/h3-15,24,30-31,39,41-42H,16-23,38H2,1-2H3,(H,43,44);/q;+1/p-1. The summed E-state index contributed by atoms with van der Waals surface area (Å²) in [5, 5.41) is 35.4. The molecule has 0 fully saturated rings. The van der Waals surface area contributed by atoms with Crippen LogP contribution in [0.15, 0.2) is 78.9 Å². The Morgan fingerprint density at radius 3 is 2.04 bits per heavy atom. The van der Waals surface area contributed by atoms with Crippen molar-refractivity contribution in [2.45, 2.75) is 77.3 Å². The van der Waals surface area contributed by atoms with Crippen molar-refractivity contribution in [1.29, 1.82) is 0 Å². The normalized spacial score (nSPS) is 12.6. The maximum atomic E-state index is 14.1. The van der Waals surface area contributed by atoms with Gasteiger partial charge in [-0.1, -0.05) is 66.7 Å². The summed E-state index contributed by atoms with van der Waals surface area (Å²) in [7, 11) is 0. The van der Waals surface area contributed by atoms with E-state index in [1.165, 1.54) is 17.7 Å². The minimum Gasteiger partial charge on any atom is -0.550 e. The topological polar surface area (TPSA) is 124 Å². The van der Waals surface area contributed by atoms with Gasteiger partial charge in [-0.25, -0.2) is 4.39 Å². The van der Waals surface area contributed by atoms with E-state index in [2.05, 4.69) is 60.1 Å². The molecule has 234 valence electrons. The quantitative estimate of drug-likeness (QED) is 0.141. The Morgan fingerprint density at radius 1 is 0.844 bits per heavy atom. The molecule has 0 amide bonds. The van der Waals surface area contributed by atoms with E-state index >= 15 is 0 Å². The maximum absolute atomic E-state index is 14.1.